The Labute approximate surface area is 135 Å². The van der Waals surface area contributed by atoms with Gasteiger partial charge >= 0.3 is 0 Å². The van der Waals surface area contributed by atoms with Gasteiger partial charge in [0.2, 0.25) is 0 Å². The molecule has 0 radical (unpaired) electrons. The Morgan fingerprint density at radius 3 is 2.30 bits per heavy atom. The van der Waals surface area contributed by atoms with Crippen molar-refractivity contribution >= 4 is 0 Å². The average Bonchev–Trinajstić information content (AvgIpc) is 2.59. The summed E-state index contributed by atoms with van der Waals surface area (Å²) in [4.78, 5) is 0. The van der Waals surface area contributed by atoms with E-state index >= 15 is 0 Å². The maximum atomic E-state index is 10.1. The molecular weight excluding hydrogens is 294 g/mol. The first-order valence-electron chi connectivity index (χ1n) is 7.63. The van der Waals surface area contributed by atoms with E-state index in [0.717, 1.165) is 30.0 Å². The lowest BCUT2D eigenvalue weighted by atomic mass is 9.89. The van der Waals surface area contributed by atoms with Gasteiger partial charge in [0.05, 0.1) is 27.9 Å². The van der Waals surface area contributed by atoms with Crippen molar-refractivity contribution in [1.82, 2.24) is 0 Å². The molecule has 23 heavy (non-hydrogen) atoms. The molecule has 5 nitrogen and oxygen atoms in total. The van der Waals surface area contributed by atoms with E-state index in [1.54, 1.807) is 33.5 Å². The molecule has 0 aliphatic carbocycles. The van der Waals surface area contributed by atoms with E-state index in [1.165, 1.54) is 11.1 Å². The molecule has 0 fully saturated rings. The fourth-order valence-electron chi connectivity index (χ4n) is 3.19. The molecule has 0 bridgehead atoms. The number of quaternary nitrogens is 1. The minimum absolute atomic E-state index is 0.121. The number of aromatic hydroxyl groups is 1. The highest BCUT2D eigenvalue weighted by atomic mass is 16.5. The van der Waals surface area contributed by atoms with Gasteiger partial charge in [-0.25, -0.2) is 0 Å². The monoisotopic (exact) mass is 316 g/mol. The molecule has 2 aromatic rings. The molecule has 1 heterocycles. The highest BCUT2D eigenvalue weighted by Crippen LogP contribution is 2.37. The van der Waals surface area contributed by atoms with Crippen molar-refractivity contribution in [3.8, 4) is 23.0 Å². The first kappa shape index (κ1) is 15.5. The van der Waals surface area contributed by atoms with E-state index in [-0.39, 0.29) is 11.8 Å². The molecule has 1 atom stereocenters. The van der Waals surface area contributed by atoms with Gasteiger partial charge in [0.1, 0.15) is 6.04 Å². The van der Waals surface area contributed by atoms with Crippen molar-refractivity contribution in [2.24, 2.45) is 0 Å². The molecule has 0 aromatic heterocycles. The van der Waals surface area contributed by atoms with E-state index in [9.17, 15) is 5.11 Å². The quantitative estimate of drug-likeness (QED) is 0.900. The number of ether oxygens (including phenoxy) is 3. The third-order valence-corrected chi connectivity index (χ3v) is 4.36. The maximum Gasteiger partial charge on any atom is 0.161 e. The first-order chi connectivity index (χ1) is 11.2. The molecule has 5 heteroatoms. The van der Waals surface area contributed by atoms with Gasteiger partial charge in [0.15, 0.2) is 23.0 Å². The smallest absolute Gasteiger partial charge is 0.161 e. The highest BCUT2D eigenvalue weighted by Gasteiger charge is 2.27. The molecule has 3 N–H and O–H groups in total. The van der Waals surface area contributed by atoms with Gasteiger partial charge in [-0.05, 0) is 35.9 Å². The number of methoxy groups -OCH3 is 3. The molecule has 3 rings (SSSR count). The number of fused-ring (bicyclic) bond motifs is 1. The van der Waals surface area contributed by atoms with Crippen LogP contribution in [0.3, 0.4) is 0 Å². The van der Waals surface area contributed by atoms with Crippen LogP contribution in [0, 0.1) is 0 Å². The van der Waals surface area contributed by atoms with Crippen LogP contribution in [0.5, 0.6) is 23.0 Å². The van der Waals surface area contributed by atoms with Crippen molar-refractivity contribution in [3.63, 3.8) is 0 Å². The van der Waals surface area contributed by atoms with Crippen LogP contribution < -0.4 is 19.5 Å². The summed E-state index contributed by atoms with van der Waals surface area (Å²) in [6, 6.07) is 9.77. The van der Waals surface area contributed by atoms with Crippen molar-refractivity contribution in [2.75, 3.05) is 27.9 Å². The fourth-order valence-corrected chi connectivity index (χ4v) is 3.19. The Hall–Kier alpha value is -2.40. The summed E-state index contributed by atoms with van der Waals surface area (Å²) in [5.41, 5.74) is 3.49. The summed E-state index contributed by atoms with van der Waals surface area (Å²) in [5, 5.41) is 12.3. The van der Waals surface area contributed by atoms with E-state index in [1.807, 2.05) is 12.1 Å². The molecule has 0 saturated heterocycles. The van der Waals surface area contributed by atoms with Gasteiger partial charge in [-0.3, -0.25) is 0 Å². The summed E-state index contributed by atoms with van der Waals surface area (Å²) in [5.74, 6) is 2.12. The van der Waals surface area contributed by atoms with Crippen LogP contribution in [0.25, 0.3) is 0 Å². The lowest BCUT2D eigenvalue weighted by molar-refractivity contribution is -0.690. The summed E-state index contributed by atoms with van der Waals surface area (Å²) < 4.78 is 16.0. The SMILES string of the molecule is COc1ccc([C@@H]2[NH2+]CCc3cc(OC)c(OC)cc32)cc1O. The van der Waals surface area contributed by atoms with Crippen molar-refractivity contribution in [2.45, 2.75) is 12.5 Å². The Balaban J connectivity index is 2.05. The van der Waals surface area contributed by atoms with Crippen molar-refractivity contribution in [3.05, 3.63) is 47.0 Å². The molecule has 0 spiro atoms. The standard InChI is InChI=1S/C18H21NO4/c1-21-15-5-4-12(8-14(15)20)18-13-10-17(23-3)16(22-2)9-11(13)6-7-19-18/h4-5,8-10,18-20H,6-7H2,1-3H3/p+1/t18-/m0/s1. The zero-order chi connectivity index (χ0) is 16.4. The number of rotatable bonds is 4. The van der Waals surface area contributed by atoms with Gasteiger partial charge in [-0.1, -0.05) is 0 Å². The number of nitrogens with two attached hydrogens (primary N) is 1. The molecular formula is C18H22NO4+. The Morgan fingerprint density at radius 1 is 0.957 bits per heavy atom. The highest BCUT2D eigenvalue weighted by molar-refractivity contribution is 5.52. The summed E-state index contributed by atoms with van der Waals surface area (Å²) in [7, 11) is 4.84. The minimum atomic E-state index is 0.121. The number of phenolic OH excluding ortho intramolecular Hbond substituents is 1. The van der Waals surface area contributed by atoms with Crippen LogP contribution in [-0.2, 0) is 6.42 Å². The summed E-state index contributed by atoms with van der Waals surface area (Å²) >= 11 is 0. The third-order valence-electron chi connectivity index (χ3n) is 4.36. The first-order valence-corrected chi connectivity index (χ1v) is 7.63. The van der Waals surface area contributed by atoms with E-state index in [0.29, 0.717) is 5.75 Å². The van der Waals surface area contributed by atoms with Gasteiger partial charge in [-0.2, -0.15) is 0 Å². The van der Waals surface area contributed by atoms with Crippen LogP contribution in [0.2, 0.25) is 0 Å². The number of phenols is 1. The lowest BCUT2D eigenvalue weighted by Crippen LogP contribution is -2.87. The third kappa shape index (κ3) is 2.80. The number of benzene rings is 2. The van der Waals surface area contributed by atoms with Crippen molar-refractivity contribution in [1.29, 1.82) is 0 Å². The second kappa shape index (κ2) is 6.38. The zero-order valence-corrected chi connectivity index (χ0v) is 13.6. The van der Waals surface area contributed by atoms with Gasteiger partial charge < -0.3 is 24.6 Å². The zero-order valence-electron chi connectivity index (χ0n) is 13.6. The van der Waals surface area contributed by atoms with Crippen molar-refractivity contribution < 1.29 is 24.6 Å². The predicted octanol–water partition coefficient (Wildman–Crippen LogP) is 1.63. The van der Waals surface area contributed by atoms with E-state index in [4.69, 9.17) is 14.2 Å². The maximum absolute atomic E-state index is 10.1. The Bertz CT molecular complexity index is 714. The summed E-state index contributed by atoms with van der Waals surface area (Å²) in [6.45, 7) is 0.986. The molecule has 2 aromatic carbocycles. The fraction of sp³-hybridized carbons (Fsp3) is 0.333. The Kier molecular flexibility index (Phi) is 4.30. The van der Waals surface area contributed by atoms with Gasteiger partial charge in [0, 0.05) is 17.5 Å². The van der Waals surface area contributed by atoms with Crippen LogP contribution in [0.4, 0.5) is 0 Å². The average molecular weight is 316 g/mol. The normalized spacial score (nSPS) is 16.6. The molecule has 1 aliphatic rings. The molecule has 1 aliphatic heterocycles. The van der Waals surface area contributed by atoms with Gasteiger partial charge in [0.25, 0.3) is 0 Å². The largest absolute Gasteiger partial charge is 0.504 e. The summed E-state index contributed by atoms with van der Waals surface area (Å²) in [6.07, 6.45) is 0.980. The lowest BCUT2D eigenvalue weighted by Gasteiger charge is -2.26. The second-order valence-corrected chi connectivity index (χ2v) is 5.59. The van der Waals surface area contributed by atoms with Crippen LogP contribution >= 0.6 is 0 Å². The van der Waals surface area contributed by atoms with Crippen LogP contribution in [0.15, 0.2) is 30.3 Å². The number of hydrogen-bond acceptors (Lipinski definition) is 4. The second-order valence-electron chi connectivity index (χ2n) is 5.59. The molecule has 0 saturated carbocycles. The topological polar surface area (TPSA) is 64.5 Å². The molecule has 0 amide bonds. The van der Waals surface area contributed by atoms with Gasteiger partial charge in [-0.15, -0.1) is 0 Å². The minimum Gasteiger partial charge on any atom is -0.504 e. The molecule has 0 unspecified atom stereocenters. The van der Waals surface area contributed by atoms with E-state index < -0.39 is 0 Å². The molecule has 122 valence electrons. The Morgan fingerprint density at radius 2 is 1.65 bits per heavy atom. The van der Waals surface area contributed by atoms with Crippen LogP contribution in [0.1, 0.15) is 22.7 Å². The predicted molar refractivity (Wildman–Crippen MR) is 86.5 cm³/mol. The number of hydrogen-bond donors (Lipinski definition) is 2. The van der Waals surface area contributed by atoms with E-state index in [2.05, 4.69) is 11.4 Å². The van der Waals surface area contributed by atoms with Crippen LogP contribution in [-0.4, -0.2) is 33.0 Å².